The first-order valence-corrected chi connectivity index (χ1v) is 10.2. The molecule has 1 saturated carbocycles. The van der Waals surface area contributed by atoms with E-state index in [-0.39, 0.29) is 23.9 Å². The molecule has 2 aliphatic rings. The van der Waals surface area contributed by atoms with Crippen molar-refractivity contribution in [3.05, 3.63) is 71.0 Å². The second-order valence-electron chi connectivity index (χ2n) is 7.58. The number of hydrogen-bond acceptors (Lipinski definition) is 4. The van der Waals surface area contributed by atoms with Crippen LogP contribution in [0.1, 0.15) is 42.5 Å². The molecule has 148 valence electrons. The summed E-state index contributed by atoms with van der Waals surface area (Å²) in [6.07, 6.45) is 4.13. The number of anilines is 1. The van der Waals surface area contributed by atoms with Gasteiger partial charge in [-0.15, -0.1) is 0 Å². The van der Waals surface area contributed by atoms with Gasteiger partial charge >= 0.3 is 0 Å². The largest absolute Gasteiger partial charge is 0.497 e. The lowest BCUT2D eigenvalue weighted by Crippen LogP contribution is -2.43. The van der Waals surface area contributed by atoms with E-state index in [2.05, 4.69) is 10.1 Å². The van der Waals surface area contributed by atoms with Gasteiger partial charge in [0.25, 0.3) is 0 Å². The Morgan fingerprint density at radius 3 is 2.34 bits per heavy atom. The number of amides is 1. The summed E-state index contributed by atoms with van der Waals surface area (Å²) in [5, 5.41) is 5.16. The van der Waals surface area contributed by atoms with E-state index in [1.807, 2.05) is 58.1 Å². The van der Waals surface area contributed by atoms with Gasteiger partial charge in [-0.05, 0) is 54.7 Å². The molecule has 0 radical (unpaired) electrons. The number of halogens is 1. The van der Waals surface area contributed by atoms with Crippen LogP contribution in [0.2, 0.25) is 5.02 Å². The molecule has 1 amide bonds. The fraction of sp³-hybridized carbons (Fsp3) is 0.318. The zero-order valence-corrected chi connectivity index (χ0v) is 16.8. The van der Waals surface area contributed by atoms with Gasteiger partial charge in [-0.2, -0.15) is 10.1 Å². The highest BCUT2D eigenvalue weighted by Crippen LogP contribution is 2.45. The molecule has 1 aromatic heterocycles. The number of aromatic nitrogens is 3. The van der Waals surface area contributed by atoms with Crippen LogP contribution in [0.15, 0.2) is 54.9 Å². The van der Waals surface area contributed by atoms with Crippen LogP contribution in [0.3, 0.4) is 0 Å². The monoisotopic (exact) mass is 408 g/mol. The van der Waals surface area contributed by atoms with Crippen LogP contribution in [0, 0.1) is 5.92 Å². The molecule has 3 aromatic rings. The van der Waals surface area contributed by atoms with Crippen molar-refractivity contribution in [3.8, 4) is 5.75 Å². The van der Waals surface area contributed by atoms with E-state index >= 15 is 0 Å². The molecule has 7 heteroatoms. The number of nitrogens with zero attached hydrogens (tertiary/aromatic N) is 4. The Morgan fingerprint density at radius 1 is 1.03 bits per heavy atom. The number of carbonyl (C=O) groups excluding carboxylic acids is 1. The molecule has 1 fully saturated rings. The highest BCUT2D eigenvalue weighted by atomic mass is 35.5. The van der Waals surface area contributed by atoms with Crippen LogP contribution >= 0.6 is 11.6 Å². The van der Waals surface area contributed by atoms with Gasteiger partial charge in [0, 0.05) is 10.9 Å². The van der Waals surface area contributed by atoms with Crippen molar-refractivity contribution in [3.63, 3.8) is 0 Å². The van der Waals surface area contributed by atoms with Crippen molar-refractivity contribution in [1.29, 1.82) is 0 Å². The smallest absolute Gasteiger partial charge is 0.233 e. The maximum atomic E-state index is 13.2. The second kappa shape index (κ2) is 7.19. The van der Waals surface area contributed by atoms with Crippen molar-refractivity contribution >= 4 is 23.5 Å². The lowest BCUT2D eigenvalue weighted by atomic mass is 9.91. The third kappa shape index (κ3) is 3.27. The summed E-state index contributed by atoms with van der Waals surface area (Å²) in [5.74, 6) is 1.62. The van der Waals surface area contributed by atoms with Crippen molar-refractivity contribution in [2.24, 2.45) is 5.92 Å². The highest BCUT2D eigenvalue weighted by Gasteiger charge is 2.44. The first-order chi connectivity index (χ1) is 14.2. The molecule has 1 aliphatic carbocycles. The molecular formula is C22H21ClN4O2. The van der Waals surface area contributed by atoms with E-state index in [0.717, 1.165) is 29.7 Å². The van der Waals surface area contributed by atoms with Crippen molar-refractivity contribution in [2.45, 2.75) is 31.3 Å². The summed E-state index contributed by atoms with van der Waals surface area (Å²) < 4.78 is 7.17. The van der Waals surface area contributed by atoms with E-state index in [1.165, 1.54) is 6.33 Å². The predicted molar refractivity (Wildman–Crippen MR) is 110 cm³/mol. The number of rotatable bonds is 4. The standard InChI is InChI=1S/C22H21ClN4O2/c1-29-18-10-6-14(7-11-18)19-12-20(15-4-8-17(23)9-5-15)27-22(24-13-25-27)26(19)21(28)16-2-3-16/h4-11,13,16,19-20H,2-3,12H2,1H3/t19-,20+/m0/s1. The zero-order valence-electron chi connectivity index (χ0n) is 16.0. The quantitative estimate of drug-likeness (QED) is 0.641. The van der Waals surface area contributed by atoms with Gasteiger partial charge in [0.15, 0.2) is 0 Å². The minimum atomic E-state index is -0.119. The number of fused-ring (bicyclic) bond motifs is 1. The summed E-state index contributed by atoms with van der Waals surface area (Å²) in [6.45, 7) is 0. The Morgan fingerprint density at radius 2 is 1.69 bits per heavy atom. The number of hydrogen-bond donors (Lipinski definition) is 0. The lowest BCUT2D eigenvalue weighted by molar-refractivity contribution is -0.120. The van der Waals surface area contributed by atoms with E-state index in [4.69, 9.17) is 16.3 Å². The first-order valence-electron chi connectivity index (χ1n) is 9.77. The van der Waals surface area contributed by atoms with E-state index < -0.39 is 0 Å². The average molecular weight is 409 g/mol. The molecule has 0 unspecified atom stereocenters. The van der Waals surface area contributed by atoms with Gasteiger partial charge in [-0.25, -0.2) is 4.68 Å². The van der Waals surface area contributed by atoms with Crippen LogP contribution in [0.4, 0.5) is 5.95 Å². The predicted octanol–water partition coefficient (Wildman–Crippen LogP) is 4.42. The Balaban J connectivity index is 1.60. The molecule has 2 heterocycles. The average Bonchev–Trinajstić information content (AvgIpc) is 3.50. The third-order valence-electron chi connectivity index (χ3n) is 5.74. The van der Waals surface area contributed by atoms with Gasteiger partial charge in [-0.1, -0.05) is 35.9 Å². The van der Waals surface area contributed by atoms with Crippen LogP contribution in [0.25, 0.3) is 0 Å². The molecule has 2 atom stereocenters. The number of methoxy groups -OCH3 is 1. The van der Waals surface area contributed by atoms with Crippen LogP contribution in [-0.2, 0) is 4.79 Å². The molecule has 5 rings (SSSR count). The maximum Gasteiger partial charge on any atom is 0.233 e. The van der Waals surface area contributed by atoms with Crippen LogP contribution < -0.4 is 9.64 Å². The van der Waals surface area contributed by atoms with Crippen molar-refractivity contribution in [2.75, 3.05) is 12.0 Å². The summed E-state index contributed by atoms with van der Waals surface area (Å²) in [4.78, 5) is 19.5. The van der Waals surface area contributed by atoms with Gasteiger partial charge in [0.1, 0.15) is 12.1 Å². The maximum absolute atomic E-state index is 13.2. The lowest BCUT2D eigenvalue weighted by Gasteiger charge is -2.39. The SMILES string of the molecule is COc1ccc([C@@H]2C[C@H](c3ccc(Cl)cc3)n3ncnc3N2C(=O)C2CC2)cc1. The number of carbonyl (C=O) groups is 1. The van der Waals surface area contributed by atoms with Gasteiger partial charge in [0.2, 0.25) is 11.9 Å². The fourth-order valence-electron chi connectivity index (χ4n) is 4.05. The Kier molecular flexibility index (Phi) is 4.51. The molecule has 2 aromatic carbocycles. The zero-order chi connectivity index (χ0) is 20.0. The molecular weight excluding hydrogens is 388 g/mol. The molecule has 1 aliphatic heterocycles. The Labute approximate surface area is 174 Å². The first kappa shape index (κ1) is 18.2. The van der Waals surface area contributed by atoms with Gasteiger partial charge < -0.3 is 4.74 Å². The van der Waals surface area contributed by atoms with Gasteiger partial charge in [0.05, 0.1) is 19.2 Å². The second-order valence-corrected chi connectivity index (χ2v) is 8.02. The van der Waals surface area contributed by atoms with E-state index in [9.17, 15) is 4.79 Å². The molecule has 0 N–H and O–H groups in total. The summed E-state index contributed by atoms with van der Waals surface area (Å²) in [7, 11) is 1.65. The highest BCUT2D eigenvalue weighted by molar-refractivity contribution is 6.30. The summed E-state index contributed by atoms with van der Waals surface area (Å²) >= 11 is 6.09. The molecule has 29 heavy (non-hydrogen) atoms. The topological polar surface area (TPSA) is 60.2 Å². The molecule has 0 bridgehead atoms. The minimum Gasteiger partial charge on any atom is -0.497 e. The third-order valence-corrected chi connectivity index (χ3v) is 5.99. The van der Waals surface area contributed by atoms with Crippen molar-refractivity contribution < 1.29 is 9.53 Å². The summed E-state index contributed by atoms with van der Waals surface area (Å²) in [6, 6.07) is 15.6. The van der Waals surface area contributed by atoms with Gasteiger partial charge in [-0.3, -0.25) is 9.69 Å². The molecule has 0 spiro atoms. The van der Waals surface area contributed by atoms with E-state index in [1.54, 1.807) is 7.11 Å². The Bertz CT molecular complexity index is 1030. The molecule has 0 saturated heterocycles. The molecule has 6 nitrogen and oxygen atoms in total. The Hall–Kier alpha value is -2.86. The fourth-order valence-corrected chi connectivity index (χ4v) is 4.17. The van der Waals surface area contributed by atoms with Crippen LogP contribution in [0.5, 0.6) is 5.75 Å². The summed E-state index contributed by atoms with van der Waals surface area (Å²) in [5.41, 5.74) is 2.16. The number of benzene rings is 2. The van der Waals surface area contributed by atoms with Crippen molar-refractivity contribution in [1.82, 2.24) is 14.8 Å². The minimum absolute atomic E-state index is 0.0277. The van der Waals surface area contributed by atoms with Crippen LogP contribution in [-0.4, -0.2) is 27.8 Å². The normalized spacial score (nSPS) is 21.0. The van der Waals surface area contributed by atoms with E-state index in [0.29, 0.717) is 17.4 Å². The number of ether oxygens (including phenoxy) is 1.